The highest BCUT2D eigenvalue weighted by Gasteiger charge is 2.49. The van der Waals surface area contributed by atoms with Crippen molar-refractivity contribution >= 4 is 0 Å². The van der Waals surface area contributed by atoms with Gasteiger partial charge in [-0.15, -0.1) is 0 Å². The fourth-order valence-corrected chi connectivity index (χ4v) is 4.86. The lowest BCUT2D eigenvalue weighted by molar-refractivity contribution is -0.159. The van der Waals surface area contributed by atoms with Crippen LogP contribution in [0, 0.1) is 5.92 Å². The second-order valence-electron chi connectivity index (χ2n) is 7.84. The third-order valence-corrected chi connectivity index (χ3v) is 6.13. The van der Waals surface area contributed by atoms with Crippen molar-refractivity contribution in [2.75, 3.05) is 19.6 Å². The van der Waals surface area contributed by atoms with E-state index in [1.165, 1.54) is 64.5 Å². The Hall–Kier alpha value is -0.120. The van der Waals surface area contributed by atoms with Gasteiger partial charge in [0.1, 0.15) is 5.79 Å². The lowest BCUT2D eigenvalue weighted by Crippen LogP contribution is -2.72. The molecule has 0 aromatic carbocycles. The minimum Gasteiger partial charge on any atom is -0.269 e. The minimum atomic E-state index is 0.0339. The molecule has 4 unspecified atom stereocenters. The zero-order valence-corrected chi connectivity index (χ0v) is 14.4. The summed E-state index contributed by atoms with van der Waals surface area (Å²) in [4.78, 5) is 5.58. The van der Waals surface area contributed by atoms with Crippen LogP contribution < -0.4 is 5.32 Å². The van der Waals surface area contributed by atoms with E-state index in [2.05, 4.69) is 30.6 Å². The molecule has 1 radical (unpaired) electrons. The summed E-state index contributed by atoms with van der Waals surface area (Å²) in [5.41, 5.74) is 0. The van der Waals surface area contributed by atoms with Crippen molar-refractivity contribution in [1.29, 1.82) is 0 Å². The van der Waals surface area contributed by atoms with Crippen LogP contribution in [0.1, 0.15) is 72.1 Å². The third-order valence-electron chi connectivity index (χ3n) is 6.13. The van der Waals surface area contributed by atoms with Crippen LogP contribution >= 0.6 is 0 Å². The van der Waals surface area contributed by atoms with E-state index in [0.717, 1.165) is 12.5 Å². The lowest BCUT2D eigenvalue weighted by atomic mass is 9.88. The molecule has 0 aromatic heterocycles. The van der Waals surface area contributed by atoms with Crippen LogP contribution in [0.3, 0.4) is 0 Å². The SMILES string of the molecule is CC1CCC(C)N(C2(N3CCCCC3C)CCCC[N]2)C1. The van der Waals surface area contributed by atoms with Crippen molar-refractivity contribution in [1.82, 2.24) is 15.1 Å². The predicted octanol–water partition coefficient (Wildman–Crippen LogP) is 3.42. The van der Waals surface area contributed by atoms with Crippen LogP contribution in [0.15, 0.2) is 0 Å². The maximum atomic E-state index is 5.30. The van der Waals surface area contributed by atoms with Crippen molar-refractivity contribution in [2.24, 2.45) is 5.92 Å². The molecule has 0 N–H and O–H groups in total. The number of likely N-dealkylation sites (tertiary alicyclic amines) is 2. The second-order valence-corrected chi connectivity index (χ2v) is 7.84. The Labute approximate surface area is 131 Å². The number of hydrogen-bond acceptors (Lipinski definition) is 2. The van der Waals surface area contributed by atoms with E-state index < -0.39 is 0 Å². The van der Waals surface area contributed by atoms with E-state index in [1.807, 2.05) is 0 Å². The first kappa shape index (κ1) is 15.8. The normalized spacial score (nSPS) is 43.9. The second kappa shape index (κ2) is 6.55. The van der Waals surface area contributed by atoms with E-state index in [0.29, 0.717) is 12.1 Å². The summed E-state index contributed by atoms with van der Waals surface area (Å²) < 4.78 is 0. The highest BCUT2D eigenvalue weighted by molar-refractivity contribution is 4.98. The Morgan fingerprint density at radius 2 is 1.67 bits per heavy atom. The van der Waals surface area contributed by atoms with Crippen LogP contribution in [-0.4, -0.2) is 47.3 Å². The summed E-state index contributed by atoms with van der Waals surface area (Å²) in [6.07, 6.45) is 10.8. The lowest BCUT2D eigenvalue weighted by Gasteiger charge is -2.58. The molecule has 0 saturated carbocycles. The topological polar surface area (TPSA) is 20.6 Å². The zero-order valence-electron chi connectivity index (χ0n) is 14.4. The largest absolute Gasteiger partial charge is 0.269 e. The Morgan fingerprint density at radius 1 is 0.857 bits per heavy atom. The first-order valence-corrected chi connectivity index (χ1v) is 9.35. The highest BCUT2D eigenvalue weighted by atomic mass is 15.5. The van der Waals surface area contributed by atoms with Crippen LogP contribution in [0.25, 0.3) is 0 Å². The molecular formula is C18H34N3. The van der Waals surface area contributed by atoms with Gasteiger partial charge in [-0.05, 0) is 64.7 Å². The number of rotatable bonds is 2. The molecule has 0 aromatic rings. The van der Waals surface area contributed by atoms with Crippen LogP contribution in [0.2, 0.25) is 0 Å². The predicted molar refractivity (Wildman–Crippen MR) is 88.2 cm³/mol. The van der Waals surface area contributed by atoms with E-state index in [-0.39, 0.29) is 5.79 Å². The summed E-state index contributed by atoms with van der Waals surface area (Å²) in [6.45, 7) is 10.9. The van der Waals surface area contributed by atoms with Gasteiger partial charge in [-0.2, -0.15) is 0 Å². The smallest absolute Gasteiger partial charge is 0.144 e. The Bertz CT molecular complexity index is 337. The van der Waals surface area contributed by atoms with Gasteiger partial charge in [0.05, 0.1) is 0 Å². The minimum absolute atomic E-state index is 0.0339. The van der Waals surface area contributed by atoms with E-state index in [4.69, 9.17) is 5.32 Å². The fraction of sp³-hybridized carbons (Fsp3) is 1.00. The van der Waals surface area contributed by atoms with Crippen LogP contribution in [0.4, 0.5) is 0 Å². The highest BCUT2D eigenvalue weighted by Crippen LogP contribution is 2.38. The van der Waals surface area contributed by atoms with Crippen LogP contribution in [0.5, 0.6) is 0 Å². The maximum absolute atomic E-state index is 5.30. The average molecular weight is 292 g/mol. The third kappa shape index (κ3) is 3.02. The van der Waals surface area contributed by atoms with Crippen molar-refractivity contribution in [2.45, 2.75) is 90.0 Å². The first-order chi connectivity index (χ1) is 10.1. The molecule has 3 fully saturated rings. The molecule has 4 atom stereocenters. The molecule has 0 bridgehead atoms. The quantitative estimate of drug-likeness (QED) is 0.777. The summed E-state index contributed by atoms with van der Waals surface area (Å²) in [5.74, 6) is 0.863. The molecule has 0 spiro atoms. The molecule has 3 nitrogen and oxygen atoms in total. The summed E-state index contributed by atoms with van der Waals surface area (Å²) in [5, 5.41) is 5.30. The van der Waals surface area contributed by atoms with E-state index in [9.17, 15) is 0 Å². The first-order valence-electron chi connectivity index (χ1n) is 9.35. The molecule has 0 aliphatic carbocycles. The molecule has 3 aliphatic rings. The van der Waals surface area contributed by atoms with Crippen molar-refractivity contribution < 1.29 is 0 Å². The molecule has 3 heterocycles. The number of hydrogen-bond donors (Lipinski definition) is 0. The van der Waals surface area contributed by atoms with Crippen molar-refractivity contribution in [3.05, 3.63) is 0 Å². The zero-order chi connectivity index (χ0) is 14.9. The summed E-state index contributed by atoms with van der Waals surface area (Å²) in [6, 6.07) is 1.39. The molecule has 3 aliphatic heterocycles. The monoisotopic (exact) mass is 292 g/mol. The molecule has 3 saturated heterocycles. The maximum Gasteiger partial charge on any atom is 0.144 e. The average Bonchev–Trinajstić information content (AvgIpc) is 2.51. The van der Waals surface area contributed by atoms with Gasteiger partial charge in [0.25, 0.3) is 0 Å². The van der Waals surface area contributed by atoms with Crippen molar-refractivity contribution in [3.8, 4) is 0 Å². The van der Waals surface area contributed by atoms with Gasteiger partial charge >= 0.3 is 0 Å². The van der Waals surface area contributed by atoms with Gasteiger partial charge in [0.2, 0.25) is 0 Å². The summed E-state index contributed by atoms with van der Waals surface area (Å²) >= 11 is 0. The standard InChI is InChI=1S/C18H34N3/c1-15-9-10-17(3)21(14-15)18(11-5-6-12-19-18)20-13-7-4-8-16(20)2/h15-17H,4-14H2,1-3H3. The van der Waals surface area contributed by atoms with Gasteiger partial charge < -0.3 is 0 Å². The van der Waals surface area contributed by atoms with Gasteiger partial charge in [0, 0.05) is 31.7 Å². The summed E-state index contributed by atoms with van der Waals surface area (Å²) in [7, 11) is 0. The molecule has 3 heteroatoms. The Morgan fingerprint density at radius 3 is 2.38 bits per heavy atom. The van der Waals surface area contributed by atoms with Gasteiger partial charge in [-0.25, -0.2) is 5.32 Å². The molecule has 0 amide bonds. The Kier molecular flexibility index (Phi) is 4.92. The van der Waals surface area contributed by atoms with Gasteiger partial charge in [0.15, 0.2) is 0 Å². The molecule has 3 rings (SSSR count). The Balaban J connectivity index is 1.88. The number of piperidine rings is 3. The van der Waals surface area contributed by atoms with Gasteiger partial charge in [-0.3, -0.25) is 9.80 Å². The number of nitrogens with zero attached hydrogens (tertiary/aromatic N) is 3. The van der Waals surface area contributed by atoms with E-state index >= 15 is 0 Å². The molecule has 21 heavy (non-hydrogen) atoms. The fourth-order valence-electron chi connectivity index (χ4n) is 4.86. The van der Waals surface area contributed by atoms with Crippen LogP contribution in [-0.2, 0) is 0 Å². The van der Waals surface area contributed by atoms with Gasteiger partial charge in [-0.1, -0.05) is 13.3 Å². The molecular weight excluding hydrogens is 258 g/mol. The van der Waals surface area contributed by atoms with Crippen molar-refractivity contribution in [3.63, 3.8) is 0 Å². The van der Waals surface area contributed by atoms with E-state index in [1.54, 1.807) is 0 Å². The molecule has 121 valence electrons.